The number of unbranched alkanes of at least 4 members (excludes halogenated alkanes) is 1. The van der Waals surface area contributed by atoms with Crippen LogP contribution < -0.4 is 11.1 Å². The lowest BCUT2D eigenvalue weighted by atomic mass is 10.2. The van der Waals surface area contributed by atoms with E-state index >= 15 is 0 Å². The fourth-order valence-electron chi connectivity index (χ4n) is 1.43. The zero-order chi connectivity index (χ0) is 9.52. The molecule has 13 heavy (non-hydrogen) atoms. The lowest BCUT2D eigenvalue weighted by Crippen LogP contribution is -2.43. The maximum Gasteiger partial charge on any atom is 0.222 e. The van der Waals surface area contributed by atoms with Crippen LogP contribution >= 0.6 is 0 Å². The Balaban J connectivity index is 2.13. The Morgan fingerprint density at radius 2 is 2.00 bits per heavy atom. The van der Waals surface area contributed by atoms with Gasteiger partial charge in [0.2, 0.25) is 5.91 Å². The van der Waals surface area contributed by atoms with Crippen LogP contribution in [0.3, 0.4) is 0 Å². The molecule has 4 heteroatoms. The van der Waals surface area contributed by atoms with Gasteiger partial charge in [0.05, 0.1) is 0 Å². The lowest BCUT2D eigenvalue weighted by molar-refractivity contribution is -0.131. The van der Waals surface area contributed by atoms with Crippen LogP contribution in [-0.4, -0.2) is 43.5 Å². The van der Waals surface area contributed by atoms with Crippen molar-refractivity contribution in [2.24, 2.45) is 5.73 Å². The van der Waals surface area contributed by atoms with E-state index in [9.17, 15) is 4.79 Å². The van der Waals surface area contributed by atoms with Crippen molar-refractivity contribution >= 4 is 5.91 Å². The normalized spacial score (nSPS) is 17.5. The summed E-state index contributed by atoms with van der Waals surface area (Å²) >= 11 is 0. The molecule has 75 valence electrons. The molecule has 0 unspecified atom stereocenters. The van der Waals surface area contributed by atoms with Crippen LogP contribution in [0.1, 0.15) is 19.3 Å². The van der Waals surface area contributed by atoms with Gasteiger partial charge in [0.1, 0.15) is 0 Å². The molecule has 0 aliphatic carbocycles. The summed E-state index contributed by atoms with van der Waals surface area (Å²) in [6.45, 7) is 3.91. The molecular formula is C9H18N3O. The Morgan fingerprint density at radius 1 is 1.31 bits per heavy atom. The molecule has 1 aliphatic rings. The van der Waals surface area contributed by atoms with Crippen LogP contribution in [0.5, 0.6) is 0 Å². The third-order valence-corrected chi connectivity index (χ3v) is 2.25. The molecule has 0 aromatic heterocycles. The molecule has 1 amide bonds. The van der Waals surface area contributed by atoms with Crippen LogP contribution in [0.25, 0.3) is 0 Å². The zero-order valence-electron chi connectivity index (χ0n) is 8.04. The molecule has 4 nitrogen and oxygen atoms in total. The highest BCUT2D eigenvalue weighted by atomic mass is 16.2. The Morgan fingerprint density at radius 3 is 2.62 bits per heavy atom. The maximum atomic E-state index is 11.5. The predicted octanol–water partition coefficient (Wildman–Crippen LogP) is -0.438. The number of nitrogens with zero attached hydrogens (tertiary/aromatic N) is 2. The summed E-state index contributed by atoms with van der Waals surface area (Å²) in [6.07, 6.45) is 2.52. The van der Waals surface area contributed by atoms with Gasteiger partial charge in [-0.15, -0.1) is 0 Å². The Labute approximate surface area is 79.5 Å². The first-order valence-corrected chi connectivity index (χ1v) is 4.95. The molecule has 0 atom stereocenters. The van der Waals surface area contributed by atoms with E-state index in [1.54, 1.807) is 0 Å². The average molecular weight is 184 g/mol. The molecule has 2 N–H and O–H groups in total. The number of carbonyl (C=O) groups is 1. The molecule has 0 saturated carbocycles. The summed E-state index contributed by atoms with van der Waals surface area (Å²) in [5.74, 6) is 0.267. The van der Waals surface area contributed by atoms with Gasteiger partial charge in [-0.3, -0.25) is 4.79 Å². The molecule has 1 heterocycles. The summed E-state index contributed by atoms with van der Waals surface area (Å²) in [7, 11) is 0. The van der Waals surface area contributed by atoms with Crippen molar-refractivity contribution in [3.63, 3.8) is 0 Å². The number of amides is 1. The molecule has 1 fully saturated rings. The highest BCUT2D eigenvalue weighted by Gasteiger charge is 2.15. The van der Waals surface area contributed by atoms with Gasteiger partial charge in [0, 0.05) is 32.6 Å². The van der Waals surface area contributed by atoms with Gasteiger partial charge in [-0.1, -0.05) is 0 Å². The SMILES string of the molecule is NCCCCC(=O)N1CC[N]CC1. The third-order valence-electron chi connectivity index (χ3n) is 2.25. The van der Waals surface area contributed by atoms with Gasteiger partial charge in [-0.25, -0.2) is 5.32 Å². The molecule has 0 bridgehead atoms. The van der Waals surface area contributed by atoms with Crippen molar-refractivity contribution in [3.8, 4) is 0 Å². The van der Waals surface area contributed by atoms with Crippen molar-refractivity contribution in [2.45, 2.75) is 19.3 Å². The topological polar surface area (TPSA) is 60.4 Å². The molecular weight excluding hydrogens is 166 g/mol. The highest BCUT2D eigenvalue weighted by molar-refractivity contribution is 5.76. The number of hydrogen-bond acceptors (Lipinski definition) is 2. The summed E-state index contributed by atoms with van der Waals surface area (Å²) in [6, 6.07) is 0. The van der Waals surface area contributed by atoms with Gasteiger partial charge in [0.25, 0.3) is 0 Å². The fourth-order valence-corrected chi connectivity index (χ4v) is 1.43. The minimum absolute atomic E-state index is 0.267. The molecule has 1 aliphatic heterocycles. The van der Waals surface area contributed by atoms with E-state index in [0.29, 0.717) is 13.0 Å². The second-order valence-corrected chi connectivity index (χ2v) is 3.30. The van der Waals surface area contributed by atoms with E-state index in [1.165, 1.54) is 0 Å². The van der Waals surface area contributed by atoms with Crippen LogP contribution in [0.15, 0.2) is 0 Å². The van der Waals surface area contributed by atoms with Gasteiger partial charge in [-0.2, -0.15) is 0 Å². The van der Waals surface area contributed by atoms with Gasteiger partial charge in [0.15, 0.2) is 0 Å². The number of rotatable bonds is 4. The van der Waals surface area contributed by atoms with Crippen molar-refractivity contribution < 1.29 is 4.79 Å². The van der Waals surface area contributed by atoms with Crippen molar-refractivity contribution in [1.29, 1.82) is 0 Å². The second kappa shape index (κ2) is 5.94. The number of piperazine rings is 1. The Hall–Kier alpha value is -0.610. The first kappa shape index (κ1) is 10.5. The molecule has 1 saturated heterocycles. The maximum absolute atomic E-state index is 11.5. The number of hydrogen-bond donors (Lipinski definition) is 1. The summed E-state index contributed by atoms with van der Waals surface area (Å²) in [5, 5.41) is 4.19. The Bertz CT molecular complexity index is 155. The van der Waals surface area contributed by atoms with E-state index in [0.717, 1.165) is 39.0 Å². The fraction of sp³-hybridized carbons (Fsp3) is 0.889. The first-order chi connectivity index (χ1) is 6.34. The molecule has 0 spiro atoms. The predicted molar refractivity (Wildman–Crippen MR) is 51.4 cm³/mol. The number of carbonyl (C=O) groups excluding carboxylic acids is 1. The quantitative estimate of drug-likeness (QED) is 0.602. The summed E-state index contributed by atoms with van der Waals surface area (Å²) in [5.41, 5.74) is 5.35. The molecule has 0 aromatic rings. The van der Waals surface area contributed by atoms with Crippen LogP contribution in [-0.2, 0) is 4.79 Å². The van der Waals surface area contributed by atoms with Crippen LogP contribution in [0, 0.1) is 0 Å². The van der Waals surface area contributed by atoms with E-state index < -0.39 is 0 Å². The minimum Gasteiger partial charge on any atom is -0.340 e. The van der Waals surface area contributed by atoms with E-state index in [2.05, 4.69) is 5.32 Å². The van der Waals surface area contributed by atoms with E-state index in [4.69, 9.17) is 5.73 Å². The van der Waals surface area contributed by atoms with Crippen LogP contribution in [0.4, 0.5) is 0 Å². The summed E-state index contributed by atoms with van der Waals surface area (Å²) in [4.78, 5) is 13.4. The van der Waals surface area contributed by atoms with Gasteiger partial charge >= 0.3 is 0 Å². The van der Waals surface area contributed by atoms with Crippen molar-refractivity contribution in [1.82, 2.24) is 10.2 Å². The second-order valence-electron chi connectivity index (χ2n) is 3.30. The molecule has 0 aromatic carbocycles. The first-order valence-electron chi connectivity index (χ1n) is 4.95. The largest absolute Gasteiger partial charge is 0.340 e. The lowest BCUT2D eigenvalue weighted by Gasteiger charge is -2.26. The van der Waals surface area contributed by atoms with Gasteiger partial charge in [-0.05, 0) is 19.4 Å². The average Bonchev–Trinajstić information content (AvgIpc) is 2.19. The van der Waals surface area contributed by atoms with Crippen molar-refractivity contribution in [2.75, 3.05) is 32.7 Å². The van der Waals surface area contributed by atoms with E-state index in [-0.39, 0.29) is 5.91 Å². The highest BCUT2D eigenvalue weighted by Crippen LogP contribution is 2.01. The zero-order valence-corrected chi connectivity index (χ0v) is 8.04. The monoisotopic (exact) mass is 184 g/mol. The third kappa shape index (κ3) is 3.74. The summed E-state index contributed by atoms with van der Waals surface area (Å²) < 4.78 is 0. The van der Waals surface area contributed by atoms with Gasteiger partial charge < -0.3 is 10.6 Å². The smallest absolute Gasteiger partial charge is 0.222 e. The van der Waals surface area contributed by atoms with Crippen molar-refractivity contribution in [3.05, 3.63) is 0 Å². The number of nitrogens with two attached hydrogens (primary N) is 1. The minimum atomic E-state index is 0.267. The van der Waals surface area contributed by atoms with Crippen LogP contribution in [0.2, 0.25) is 0 Å². The Kier molecular flexibility index (Phi) is 4.78. The molecule has 1 radical (unpaired) electrons. The van der Waals surface area contributed by atoms with E-state index in [1.807, 2.05) is 4.90 Å². The molecule has 1 rings (SSSR count). The standard InChI is InChI=1S/C9H18N3O/c10-4-2-1-3-9(13)12-7-5-11-6-8-12/h1-8,10H2.